The topological polar surface area (TPSA) is 98.2 Å². The van der Waals surface area contributed by atoms with Gasteiger partial charge in [0.1, 0.15) is 0 Å². The third-order valence-electron chi connectivity index (χ3n) is 6.73. The third kappa shape index (κ3) is 4.96. The maximum absolute atomic E-state index is 14.7. The lowest BCUT2D eigenvalue weighted by Gasteiger charge is -2.35. The zero-order valence-electron chi connectivity index (χ0n) is 21.1. The van der Waals surface area contributed by atoms with Crippen molar-refractivity contribution in [2.24, 2.45) is 5.73 Å². The lowest BCUT2D eigenvalue weighted by molar-refractivity contribution is -0.137. The summed E-state index contributed by atoms with van der Waals surface area (Å²) in [4.78, 5) is 29.2. The van der Waals surface area contributed by atoms with E-state index in [1.54, 1.807) is 12.1 Å². The van der Waals surface area contributed by atoms with E-state index in [2.05, 4.69) is 4.98 Å². The predicted molar refractivity (Wildman–Crippen MR) is 138 cm³/mol. The summed E-state index contributed by atoms with van der Waals surface area (Å²) in [5, 5.41) is 9.00. The first-order valence-corrected chi connectivity index (χ1v) is 12.1. The fourth-order valence-corrected chi connectivity index (χ4v) is 4.91. The minimum atomic E-state index is -4.87. The maximum atomic E-state index is 14.7. The van der Waals surface area contributed by atoms with Gasteiger partial charge in [-0.1, -0.05) is 62.7 Å². The van der Waals surface area contributed by atoms with E-state index in [-0.39, 0.29) is 28.3 Å². The molecule has 0 bridgehead atoms. The van der Waals surface area contributed by atoms with E-state index in [1.807, 2.05) is 32.9 Å². The largest absolute Gasteiger partial charge is 0.476 e. The number of carbonyl (C=O) groups excluding carboxylic acids is 1. The molecule has 4 aromatic rings. The number of hydrogen-bond donors (Lipinski definition) is 2. The molecule has 0 aliphatic carbocycles. The third-order valence-corrected chi connectivity index (χ3v) is 7.06. The van der Waals surface area contributed by atoms with E-state index in [1.165, 1.54) is 18.3 Å². The molecule has 2 aromatic carbocycles. The van der Waals surface area contributed by atoms with Gasteiger partial charge in [-0.25, -0.2) is 14.2 Å². The fraction of sp³-hybridized carbons (Fsp3) is 0.250. The number of alkyl halides is 3. The monoisotopic (exact) mass is 561 g/mol. The number of aromatic nitrogens is 2. The zero-order chi connectivity index (χ0) is 28.9. The second-order valence-electron chi connectivity index (χ2n) is 10.2. The predicted octanol–water partition coefficient (Wildman–Crippen LogP) is 6.31. The summed E-state index contributed by atoms with van der Waals surface area (Å²) in [6.45, 7) is 6.01. The van der Waals surface area contributed by atoms with Crippen LogP contribution >= 0.6 is 11.6 Å². The number of halogens is 5. The SMILES string of the molecule is CC(C)(C)c1ccc(CC(C(N)=O)(c2ccc(Cl)c(C(F)(F)F)c2)n2ccc3c(F)cnc(C(=O)O)c32)cc1. The highest BCUT2D eigenvalue weighted by Crippen LogP contribution is 2.41. The van der Waals surface area contributed by atoms with E-state index >= 15 is 0 Å². The number of primary amides is 1. The summed E-state index contributed by atoms with van der Waals surface area (Å²) in [5.41, 5.74) is 2.76. The smallest absolute Gasteiger partial charge is 0.417 e. The van der Waals surface area contributed by atoms with Crippen LogP contribution in [0.15, 0.2) is 60.9 Å². The average molecular weight is 562 g/mol. The molecule has 0 aliphatic rings. The molecule has 0 radical (unpaired) electrons. The van der Waals surface area contributed by atoms with E-state index in [0.717, 1.165) is 22.4 Å². The molecule has 1 unspecified atom stereocenters. The molecule has 0 saturated carbocycles. The van der Waals surface area contributed by atoms with Gasteiger partial charge in [-0.05, 0) is 40.3 Å². The molecule has 204 valence electrons. The van der Waals surface area contributed by atoms with Crippen LogP contribution in [0, 0.1) is 5.82 Å². The van der Waals surface area contributed by atoms with Gasteiger partial charge in [0.05, 0.1) is 22.3 Å². The first kappa shape index (κ1) is 28.1. The summed E-state index contributed by atoms with van der Waals surface area (Å²) in [6, 6.07) is 11.2. The molecule has 6 nitrogen and oxygen atoms in total. The minimum absolute atomic E-state index is 0.193. The van der Waals surface area contributed by atoms with Gasteiger partial charge in [0.2, 0.25) is 5.91 Å². The van der Waals surface area contributed by atoms with Crippen LogP contribution in [0.1, 0.15) is 53.5 Å². The van der Waals surface area contributed by atoms with Crippen LogP contribution in [0.25, 0.3) is 10.9 Å². The summed E-state index contributed by atoms with van der Waals surface area (Å²) >= 11 is 5.86. The molecule has 2 heterocycles. The Morgan fingerprint density at radius 2 is 1.64 bits per heavy atom. The Balaban J connectivity index is 2.09. The van der Waals surface area contributed by atoms with Crippen molar-refractivity contribution < 1.29 is 32.3 Å². The first-order chi connectivity index (χ1) is 18.1. The number of fused-ring (bicyclic) bond motifs is 1. The molecule has 0 saturated heterocycles. The number of nitrogens with zero attached hydrogens (tertiary/aromatic N) is 2. The van der Waals surface area contributed by atoms with Crippen LogP contribution < -0.4 is 5.73 Å². The molecule has 1 atom stereocenters. The van der Waals surface area contributed by atoms with Crippen molar-refractivity contribution in [1.82, 2.24) is 9.55 Å². The van der Waals surface area contributed by atoms with Crippen molar-refractivity contribution in [3.63, 3.8) is 0 Å². The van der Waals surface area contributed by atoms with E-state index in [0.29, 0.717) is 11.6 Å². The van der Waals surface area contributed by atoms with Gasteiger partial charge in [0.15, 0.2) is 17.1 Å². The van der Waals surface area contributed by atoms with Gasteiger partial charge in [-0.3, -0.25) is 4.79 Å². The van der Waals surface area contributed by atoms with Gasteiger partial charge in [-0.15, -0.1) is 0 Å². The number of nitrogens with two attached hydrogens (primary N) is 1. The number of pyridine rings is 1. The van der Waals surface area contributed by atoms with Crippen molar-refractivity contribution in [1.29, 1.82) is 0 Å². The number of aromatic carboxylic acids is 1. The highest BCUT2D eigenvalue weighted by molar-refractivity contribution is 6.31. The molecule has 11 heteroatoms. The number of amides is 1. The molecule has 2 aromatic heterocycles. The summed E-state index contributed by atoms with van der Waals surface area (Å²) in [6.07, 6.45) is -3.22. The van der Waals surface area contributed by atoms with E-state index < -0.39 is 45.7 Å². The average Bonchev–Trinajstić information content (AvgIpc) is 3.28. The molecule has 0 fully saturated rings. The Morgan fingerprint density at radius 3 is 2.18 bits per heavy atom. The molecule has 0 aliphatic heterocycles. The normalized spacial score (nSPS) is 13.8. The van der Waals surface area contributed by atoms with Crippen molar-refractivity contribution in [3.05, 3.63) is 99.7 Å². The lowest BCUT2D eigenvalue weighted by Crippen LogP contribution is -2.49. The molecule has 4 rings (SSSR count). The van der Waals surface area contributed by atoms with Crippen LogP contribution in [0.5, 0.6) is 0 Å². The number of carboxylic acid groups (broad SMARTS) is 1. The molecule has 39 heavy (non-hydrogen) atoms. The molecular weight excluding hydrogens is 538 g/mol. The van der Waals surface area contributed by atoms with Crippen molar-refractivity contribution in [3.8, 4) is 0 Å². The van der Waals surface area contributed by atoms with Gasteiger partial charge >= 0.3 is 12.1 Å². The van der Waals surface area contributed by atoms with Crippen molar-refractivity contribution >= 4 is 34.4 Å². The zero-order valence-corrected chi connectivity index (χ0v) is 21.9. The molecule has 0 spiro atoms. The van der Waals surface area contributed by atoms with Gasteiger partial charge in [-0.2, -0.15) is 13.2 Å². The number of hydrogen-bond acceptors (Lipinski definition) is 3. The standard InChI is InChI=1S/C28H24ClF4N3O3/c1-26(2,3)16-6-4-15(5-7-16)13-27(25(34)39,17-8-9-20(29)19(12-17)28(31,32)33)36-11-10-18-21(30)14-35-22(23(18)36)24(37)38/h4-12,14H,13H2,1-3H3,(H2,34,39)(H,37,38). The Morgan fingerprint density at radius 1 is 1.03 bits per heavy atom. The van der Waals surface area contributed by atoms with Crippen molar-refractivity contribution in [2.45, 2.75) is 44.3 Å². The van der Waals surface area contributed by atoms with Crippen LogP contribution in [-0.2, 0) is 28.3 Å². The maximum Gasteiger partial charge on any atom is 0.417 e. The Hall–Kier alpha value is -3.92. The molecule has 1 amide bonds. The van der Waals surface area contributed by atoms with E-state index in [9.17, 15) is 32.3 Å². The summed E-state index contributed by atoms with van der Waals surface area (Å²) < 4.78 is 57.5. The Bertz CT molecular complexity index is 1590. The van der Waals surface area contributed by atoms with Gasteiger partial charge in [0.25, 0.3) is 0 Å². The number of carbonyl (C=O) groups is 2. The van der Waals surface area contributed by atoms with Gasteiger partial charge < -0.3 is 15.4 Å². The second-order valence-corrected chi connectivity index (χ2v) is 10.7. The Labute approximate surface area is 226 Å². The highest BCUT2D eigenvalue weighted by atomic mass is 35.5. The van der Waals surface area contributed by atoms with Crippen molar-refractivity contribution in [2.75, 3.05) is 0 Å². The van der Waals surface area contributed by atoms with Gasteiger partial charge in [0, 0.05) is 18.0 Å². The van der Waals surface area contributed by atoms with E-state index in [4.69, 9.17) is 17.3 Å². The quantitative estimate of drug-likeness (QED) is 0.269. The van der Waals surface area contributed by atoms with Crippen LogP contribution in [0.4, 0.5) is 17.6 Å². The fourth-order valence-electron chi connectivity index (χ4n) is 4.69. The molecular formula is C28H24ClF4N3O3. The summed E-state index contributed by atoms with van der Waals surface area (Å²) in [5.74, 6) is -3.51. The highest BCUT2D eigenvalue weighted by Gasteiger charge is 2.44. The number of rotatable bonds is 6. The molecule has 3 N–H and O–H groups in total. The minimum Gasteiger partial charge on any atom is -0.476 e. The second kappa shape index (κ2) is 9.68. The lowest BCUT2D eigenvalue weighted by atomic mass is 9.80. The number of carboxylic acids is 1. The summed E-state index contributed by atoms with van der Waals surface area (Å²) in [7, 11) is 0. The van der Waals surface area contributed by atoms with Crippen LogP contribution in [0.2, 0.25) is 5.02 Å². The Kier molecular flexibility index (Phi) is 6.97. The number of benzene rings is 2. The van der Waals surface area contributed by atoms with Crippen LogP contribution in [-0.4, -0.2) is 26.5 Å². The first-order valence-electron chi connectivity index (χ1n) is 11.7. The van der Waals surface area contributed by atoms with Crippen LogP contribution in [0.3, 0.4) is 0 Å².